The van der Waals surface area contributed by atoms with Gasteiger partial charge in [-0.1, -0.05) is 38.1 Å². The number of rotatable bonds is 11. The molecule has 1 aliphatic heterocycles. The molecule has 1 aliphatic rings. The molecule has 3 aromatic carbocycles. The van der Waals surface area contributed by atoms with Gasteiger partial charge in [0.25, 0.3) is 0 Å². The molecule has 0 bridgehead atoms. The fraction of sp³-hybridized carbons (Fsp3) is 0.355. The lowest BCUT2D eigenvalue weighted by Crippen LogP contribution is -2.27. The van der Waals surface area contributed by atoms with Crippen molar-refractivity contribution in [1.29, 1.82) is 0 Å². The topological polar surface area (TPSA) is 62.2 Å². The average Bonchev–Trinajstić information content (AvgIpc) is 2.90. The van der Waals surface area contributed by atoms with Crippen LogP contribution in [0.15, 0.2) is 66.7 Å². The molecule has 0 aliphatic carbocycles. The van der Waals surface area contributed by atoms with Crippen LogP contribution in [0.4, 0.5) is 13.2 Å². The number of fused-ring (bicyclic) bond motifs is 1. The number of benzene rings is 3. The third kappa shape index (κ3) is 6.87. The molecule has 3 aromatic rings. The first-order valence-corrected chi connectivity index (χ1v) is 13.3. The number of phenols is 2. The lowest BCUT2D eigenvalue weighted by atomic mass is 9.85. The molecule has 1 atom stereocenters. The summed E-state index contributed by atoms with van der Waals surface area (Å²) in [4.78, 5) is 2.41. The predicted molar refractivity (Wildman–Crippen MR) is 146 cm³/mol. The summed E-state index contributed by atoms with van der Waals surface area (Å²) in [6.07, 6.45) is -2.73. The maximum atomic E-state index is 14.6. The molecule has 0 amide bonds. The van der Waals surface area contributed by atoms with Gasteiger partial charge < -0.3 is 24.6 Å². The molecule has 0 saturated carbocycles. The Morgan fingerprint density at radius 3 is 2.10 bits per heavy atom. The highest BCUT2D eigenvalue weighted by Gasteiger charge is 2.44. The van der Waals surface area contributed by atoms with Crippen LogP contribution in [0.3, 0.4) is 0 Å². The maximum Gasteiger partial charge on any atom is 0.417 e. The summed E-state index contributed by atoms with van der Waals surface area (Å²) in [5.74, 6) is 0.318. The van der Waals surface area contributed by atoms with Crippen LogP contribution in [-0.4, -0.2) is 47.5 Å². The monoisotopic (exact) mass is 541 g/mol. The first-order valence-electron chi connectivity index (χ1n) is 13.3. The highest BCUT2D eigenvalue weighted by molar-refractivity contribution is 5.98. The number of allylic oxidation sites excluding steroid dienone is 1. The van der Waals surface area contributed by atoms with Crippen molar-refractivity contribution in [2.45, 2.75) is 45.4 Å². The third-order valence-corrected chi connectivity index (χ3v) is 6.62. The first kappa shape index (κ1) is 28.4. The average molecular weight is 542 g/mol. The van der Waals surface area contributed by atoms with Crippen molar-refractivity contribution in [1.82, 2.24) is 4.90 Å². The zero-order valence-electron chi connectivity index (χ0n) is 22.2. The van der Waals surface area contributed by atoms with Crippen molar-refractivity contribution in [2.24, 2.45) is 0 Å². The Balaban J connectivity index is 1.62. The molecule has 0 radical (unpaired) electrons. The maximum absolute atomic E-state index is 14.6. The number of alkyl halides is 3. The molecule has 8 heteroatoms. The van der Waals surface area contributed by atoms with Gasteiger partial charge in [-0.15, -0.1) is 0 Å². The van der Waals surface area contributed by atoms with Gasteiger partial charge in [0.1, 0.15) is 23.0 Å². The van der Waals surface area contributed by atoms with Crippen LogP contribution in [0, 0.1) is 0 Å². The fourth-order valence-electron chi connectivity index (χ4n) is 4.94. The van der Waals surface area contributed by atoms with Crippen molar-refractivity contribution in [3.05, 3.63) is 83.4 Å². The highest BCUT2D eigenvalue weighted by Crippen LogP contribution is 2.53. The summed E-state index contributed by atoms with van der Waals surface area (Å²) in [5.41, 5.74) is -0.296. The third-order valence-electron chi connectivity index (χ3n) is 6.62. The SMILES string of the molecule is CCCN(CCC)CCCOc1ccc(C2Oc3cc(O)ccc3C(C(F)(F)F)=C2c2ccc(O)cc2)cc1. The van der Waals surface area contributed by atoms with E-state index in [9.17, 15) is 23.4 Å². The summed E-state index contributed by atoms with van der Waals surface area (Å²) in [5, 5.41) is 19.7. The summed E-state index contributed by atoms with van der Waals surface area (Å²) in [6, 6.07) is 16.0. The van der Waals surface area contributed by atoms with Crippen molar-refractivity contribution in [3.8, 4) is 23.0 Å². The number of nitrogens with zero attached hydrogens (tertiary/aromatic N) is 1. The second kappa shape index (κ2) is 12.5. The Kier molecular flexibility index (Phi) is 9.07. The van der Waals surface area contributed by atoms with Crippen molar-refractivity contribution >= 4 is 11.1 Å². The molecule has 0 aromatic heterocycles. The highest BCUT2D eigenvalue weighted by atomic mass is 19.4. The largest absolute Gasteiger partial charge is 0.508 e. The number of phenolic OH excluding ortho intramolecular Hbond substituents is 2. The second-order valence-corrected chi connectivity index (χ2v) is 9.62. The molecule has 0 spiro atoms. The van der Waals surface area contributed by atoms with Crippen LogP contribution in [-0.2, 0) is 0 Å². The second-order valence-electron chi connectivity index (χ2n) is 9.62. The minimum Gasteiger partial charge on any atom is -0.508 e. The zero-order chi connectivity index (χ0) is 28.0. The number of halogens is 3. The van der Waals surface area contributed by atoms with E-state index in [1.807, 2.05) is 0 Å². The molecule has 39 heavy (non-hydrogen) atoms. The molecule has 1 unspecified atom stereocenters. The molecule has 0 fully saturated rings. The van der Waals surface area contributed by atoms with Gasteiger partial charge in [-0.05, 0) is 79.9 Å². The normalized spacial score (nSPS) is 15.3. The van der Waals surface area contributed by atoms with E-state index in [2.05, 4.69) is 18.7 Å². The van der Waals surface area contributed by atoms with Crippen LogP contribution in [0.1, 0.15) is 55.9 Å². The summed E-state index contributed by atoms with van der Waals surface area (Å²) >= 11 is 0. The minimum absolute atomic E-state index is 0.0551. The van der Waals surface area contributed by atoms with Gasteiger partial charge in [-0.3, -0.25) is 0 Å². The van der Waals surface area contributed by atoms with Crippen molar-refractivity contribution in [2.75, 3.05) is 26.2 Å². The van der Waals surface area contributed by atoms with E-state index in [0.717, 1.165) is 38.9 Å². The van der Waals surface area contributed by atoms with Crippen molar-refractivity contribution < 1.29 is 32.9 Å². The van der Waals surface area contributed by atoms with E-state index in [-0.39, 0.29) is 33.9 Å². The molecule has 0 saturated heterocycles. The number of aromatic hydroxyl groups is 2. The summed E-state index contributed by atoms with van der Waals surface area (Å²) in [6.45, 7) is 7.93. The molecular weight excluding hydrogens is 507 g/mol. The van der Waals surface area contributed by atoms with E-state index >= 15 is 0 Å². The van der Waals surface area contributed by atoms with Gasteiger partial charge in [0, 0.05) is 23.7 Å². The number of hydrogen-bond donors (Lipinski definition) is 2. The smallest absolute Gasteiger partial charge is 0.417 e. The Morgan fingerprint density at radius 1 is 0.846 bits per heavy atom. The van der Waals surface area contributed by atoms with Gasteiger partial charge in [-0.2, -0.15) is 13.2 Å². The molecule has 208 valence electrons. The van der Waals surface area contributed by atoms with E-state index in [0.29, 0.717) is 17.9 Å². The summed E-state index contributed by atoms with van der Waals surface area (Å²) < 4.78 is 55.7. The Labute approximate surface area is 227 Å². The number of ether oxygens (including phenoxy) is 2. The Bertz CT molecular complexity index is 1260. The molecule has 4 rings (SSSR count). The van der Waals surface area contributed by atoms with Crippen LogP contribution in [0.25, 0.3) is 11.1 Å². The Hall–Kier alpha value is -3.65. The van der Waals surface area contributed by atoms with Gasteiger partial charge in [0.2, 0.25) is 0 Å². The summed E-state index contributed by atoms with van der Waals surface area (Å²) in [7, 11) is 0. The van der Waals surface area contributed by atoms with Gasteiger partial charge in [0.15, 0.2) is 6.10 Å². The lowest BCUT2D eigenvalue weighted by Gasteiger charge is -2.33. The molecular formula is C31H34F3NO4. The van der Waals surface area contributed by atoms with E-state index in [4.69, 9.17) is 9.47 Å². The van der Waals surface area contributed by atoms with Crippen LogP contribution in [0.2, 0.25) is 0 Å². The molecule has 5 nitrogen and oxygen atoms in total. The fourth-order valence-corrected chi connectivity index (χ4v) is 4.94. The Morgan fingerprint density at radius 2 is 1.49 bits per heavy atom. The van der Waals surface area contributed by atoms with Crippen LogP contribution in [0.5, 0.6) is 23.0 Å². The van der Waals surface area contributed by atoms with E-state index < -0.39 is 17.9 Å². The molecule has 1 heterocycles. The van der Waals surface area contributed by atoms with Crippen molar-refractivity contribution in [3.63, 3.8) is 0 Å². The zero-order valence-corrected chi connectivity index (χ0v) is 22.2. The quantitative estimate of drug-likeness (QED) is 0.245. The van der Waals surface area contributed by atoms with E-state index in [1.54, 1.807) is 24.3 Å². The molecule has 2 N–H and O–H groups in total. The van der Waals surface area contributed by atoms with Crippen LogP contribution >= 0.6 is 0 Å². The standard InChI is InChI=1S/C31H34F3NO4/c1-3-16-35(17-4-2)18-5-19-38-25-13-8-22(9-14-25)30-28(21-6-10-23(36)11-7-21)29(31(32,33)34)26-15-12-24(37)20-27(26)39-30/h6-15,20,30,36-37H,3-5,16-19H2,1-2H3. The minimum atomic E-state index is -4.70. The van der Waals surface area contributed by atoms with E-state index in [1.165, 1.54) is 42.5 Å². The van der Waals surface area contributed by atoms with Gasteiger partial charge in [0.05, 0.1) is 12.2 Å². The van der Waals surface area contributed by atoms with Gasteiger partial charge in [-0.25, -0.2) is 0 Å². The predicted octanol–water partition coefficient (Wildman–Crippen LogP) is 7.60. The first-order chi connectivity index (χ1) is 18.7. The van der Waals surface area contributed by atoms with Gasteiger partial charge >= 0.3 is 6.18 Å². The number of hydrogen-bond acceptors (Lipinski definition) is 5. The van der Waals surface area contributed by atoms with Crippen LogP contribution < -0.4 is 9.47 Å². The lowest BCUT2D eigenvalue weighted by molar-refractivity contribution is -0.0695.